The first-order valence-corrected chi connectivity index (χ1v) is 6.67. The molecule has 1 saturated heterocycles. The molecule has 1 fully saturated rings. The molecule has 3 rings (SSSR count). The van der Waals surface area contributed by atoms with E-state index in [1.807, 2.05) is 0 Å². The number of carboxylic acid groups (broad SMARTS) is 1. The molecule has 0 unspecified atom stereocenters. The number of ether oxygens (including phenoxy) is 1. The van der Waals surface area contributed by atoms with Gasteiger partial charge in [0, 0.05) is 25.3 Å². The van der Waals surface area contributed by atoms with E-state index in [1.54, 1.807) is 28.0 Å². The summed E-state index contributed by atoms with van der Waals surface area (Å²) in [5.41, 5.74) is 1.96. The van der Waals surface area contributed by atoms with Crippen molar-refractivity contribution in [3.8, 4) is 0 Å². The lowest BCUT2D eigenvalue weighted by Gasteiger charge is -2.31. The van der Waals surface area contributed by atoms with Crippen molar-refractivity contribution in [3.05, 3.63) is 29.3 Å². The van der Waals surface area contributed by atoms with E-state index in [0.717, 1.165) is 17.7 Å². The van der Waals surface area contributed by atoms with Gasteiger partial charge in [-0.25, -0.2) is 9.59 Å². The quantitative estimate of drug-likeness (QED) is 0.836. The molecule has 0 aromatic heterocycles. The Labute approximate surface area is 116 Å². The smallest absolute Gasteiger partial charge is 0.335 e. The van der Waals surface area contributed by atoms with Crippen LogP contribution in [-0.4, -0.2) is 54.9 Å². The molecule has 2 heterocycles. The Morgan fingerprint density at radius 2 is 1.90 bits per heavy atom. The molecule has 0 bridgehead atoms. The molecule has 1 aromatic carbocycles. The van der Waals surface area contributed by atoms with Crippen LogP contribution in [0.1, 0.15) is 15.9 Å². The summed E-state index contributed by atoms with van der Waals surface area (Å²) < 4.78 is 5.24. The van der Waals surface area contributed by atoms with E-state index in [4.69, 9.17) is 9.84 Å². The summed E-state index contributed by atoms with van der Waals surface area (Å²) in [5.74, 6) is -0.974. The maximum atomic E-state index is 12.5. The lowest BCUT2D eigenvalue weighted by Crippen LogP contribution is -2.47. The fraction of sp³-hybridized carbons (Fsp3) is 0.429. The van der Waals surface area contributed by atoms with Crippen LogP contribution >= 0.6 is 0 Å². The van der Waals surface area contributed by atoms with Crippen LogP contribution in [0.2, 0.25) is 0 Å². The third kappa shape index (κ3) is 2.22. The summed E-state index contributed by atoms with van der Waals surface area (Å²) in [6, 6.07) is 4.91. The number of amides is 2. The Kier molecular flexibility index (Phi) is 3.31. The van der Waals surface area contributed by atoms with E-state index >= 15 is 0 Å². The molecule has 1 aromatic rings. The Bertz CT molecular complexity index is 552. The zero-order valence-electron chi connectivity index (χ0n) is 11.0. The summed E-state index contributed by atoms with van der Waals surface area (Å²) in [7, 11) is 0. The van der Waals surface area contributed by atoms with Crippen LogP contribution in [-0.2, 0) is 11.2 Å². The average molecular weight is 276 g/mol. The number of morpholine rings is 1. The predicted molar refractivity (Wildman–Crippen MR) is 72.2 cm³/mol. The van der Waals surface area contributed by atoms with Gasteiger partial charge in [0.25, 0.3) is 0 Å². The Hall–Kier alpha value is -2.08. The van der Waals surface area contributed by atoms with Gasteiger partial charge in [-0.1, -0.05) is 6.07 Å². The first-order valence-electron chi connectivity index (χ1n) is 6.67. The number of carbonyl (C=O) groups excluding carboxylic acids is 1. The monoisotopic (exact) mass is 276 g/mol. The summed E-state index contributed by atoms with van der Waals surface area (Å²) in [4.78, 5) is 27.0. The summed E-state index contributed by atoms with van der Waals surface area (Å²) in [6.07, 6.45) is 0.769. The van der Waals surface area contributed by atoms with Crippen molar-refractivity contribution in [1.29, 1.82) is 0 Å². The molecule has 2 amide bonds. The van der Waals surface area contributed by atoms with E-state index in [9.17, 15) is 9.59 Å². The average Bonchev–Trinajstić information content (AvgIpc) is 2.90. The molecule has 6 nitrogen and oxygen atoms in total. The number of aromatic carboxylic acids is 1. The molecule has 0 saturated carbocycles. The Morgan fingerprint density at radius 1 is 1.15 bits per heavy atom. The van der Waals surface area contributed by atoms with Crippen molar-refractivity contribution in [1.82, 2.24) is 4.90 Å². The standard InChI is InChI=1S/C14H16N2O4/c17-13(18)11-2-1-10-3-4-16(12(10)9-11)14(19)15-5-7-20-8-6-15/h1-2,9H,3-8H2,(H,17,18). The van der Waals surface area contributed by atoms with E-state index in [2.05, 4.69) is 0 Å². The largest absolute Gasteiger partial charge is 0.478 e. The first-order chi connectivity index (χ1) is 9.66. The molecule has 0 aliphatic carbocycles. The lowest BCUT2D eigenvalue weighted by molar-refractivity contribution is 0.0549. The molecule has 0 atom stereocenters. The molecule has 2 aliphatic rings. The number of rotatable bonds is 1. The van der Waals surface area contributed by atoms with Crippen LogP contribution in [0.25, 0.3) is 0 Å². The van der Waals surface area contributed by atoms with Crippen LogP contribution in [0.4, 0.5) is 10.5 Å². The minimum absolute atomic E-state index is 0.0606. The van der Waals surface area contributed by atoms with Gasteiger partial charge in [0.15, 0.2) is 0 Å². The normalized spacial score (nSPS) is 18.0. The number of nitrogens with zero attached hydrogens (tertiary/aromatic N) is 2. The number of hydrogen-bond donors (Lipinski definition) is 1. The minimum Gasteiger partial charge on any atom is -0.478 e. The maximum Gasteiger partial charge on any atom is 0.335 e. The first kappa shape index (κ1) is 12.9. The topological polar surface area (TPSA) is 70.1 Å². The van der Waals surface area contributed by atoms with Crippen LogP contribution in [0, 0.1) is 0 Å². The number of urea groups is 1. The van der Waals surface area contributed by atoms with Gasteiger partial charge in [-0.15, -0.1) is 0 Å². The van der Waals surface area contributed by atoms with Crippen molar-refractivity contribution in [2.24, 2.45) is 0 Å². The highest BCUT2D eigenvalue weighted by Crippen LogP contribution is 2.30. The van der Waals surface area contributed by atoms with E-state index in [1.165, 1.54) is 0 Å². The molecular formula is C14H16N2O4. The minimum atomic E-state index is -0.974. The van der Waals surface area contributed by atoms with Crippen LogP contribution < -0.4 is 4.90 Å². The highest BCUT2D eigenvalue weighted by Gasteiger charge is 2.29. The Morgan fingerprint density at radius 3 is 2.60 bits per heavy atom. The third-order valence-corrected chi connectivity index (χ3v) is 3.74. The second-order valence-corrected chi connectivity index (χ2v) is 4.93. The second-order valence-electron chi connectivity index (χ2n) is 4.93. The van der Waals surface area contributed by atoms with Crippen molar-refractivity contribution >= 4 is 17.7 Å². The molecule has 1 N–H and O–H groups in total. The molecular weight excluding hydrogens is 260 g/mol. The zero-order chi connectivity index (χ0) is 14.1. The Balaban J connectivity index is 1.85. The van der Waals surface area contributed by atoms with Gasteiger partial charge < -0.3 is 14.7 Å². The van der Waals surface area contributed by atoms with Crippen molar-refractivity contribution in [3.63, 3.8) is 0 Å². The van der Waals surface area contributed by atoms with Crippen molar-refractivity contribution < 1.29 is 19.4 Å². The zero-order valence-corrected chi connectivity index (χ0v) is 11.0. The number of fused-ring (bicyclic) bond motifs is 1. The highest BCUT2D eigenvalue weighted by atomic mass is 16.5. The summed E-state index contributed by atoms with van der Waals surface area (Å²) in [5, 5.41) is 9.06. The lowest BCUT2D eigenvalue weighted by atomic mass is 10.1. The van der Waals surface area contributed by atoms with Crippen molar-refractivity contribution in [2.45, 2.75) is 6.42 Å². The fourth-order valence-electron chi connectivity index (χ4n) is 2.64. The van der Waals surface area contributed by atoms with E-state index in [0.29, 0.717) is 32.8 Å². The third-order valence-electron chi connectivity index (χ3n) is 3.74. The predicted octanol–water partition coefficient (Wildman–Crippen LogP) is 1.20. The van der Waals surface area contributed by atoms with Crippen molar-refractivity contribution in [2.75, 3.05) is 37.7 Å². The van der Waals surface area contributed by atoms with Gasteiger partial charge in [0.05, 0.1) is 18.8 Å². The number of hydrogen-bond acceptors (Lipinski definition) is 3. The SMILES string of the molecule is O=C(O)c1ccc2c(c1)N(C(=O)N1CCOCC1)CC2. The van der Waals surface area contributed by atoms with Gasteiger partial charge in [0.2, 0.25) is 0 Å². The number of carbonyl (C=O) groups is 2. The summed E-state index contributed by atoms with van der Waals surface area (Å²) in [6.45, 7) is 2.89. The molecule has 0 radical (unpaired) electrons. The highest BCUT2D eigenvalue weighted by molar-refractivity contribution is 5.97. The number of anilines is 1. The van der Waals surface area contributed by atoms with Gasteiger partial charge >= 0.3 is 12.0 Å². The van der Waals surface area contributed by atoms with Gasteiger partial charge in [-0.05, 0) is 24.1 Å². The maximum absolute atomic E-state index is 12.5. The second kappa shape index (κ2) is 5.13. The van der Waals surface area contributed by atoms with E-state index in [-0.39, 0.29) is 11.6 Å². The van der Waals surface area contributed by atoms with Crippen LogP contribution in [0.5, 0.6) is 0 Å². The summed E-state index contributed by atoms with van der Waals surface area (Å²) >= 11 is 0. The van der Waals surface area contributed by atoms with Crippen LogP contribution in [0.3, 0.4) is 0 Å². The molecule has 106 valence electrons. The fourth-order valence-corrected chi connectivity index (χ4v) is 2.64. The molecule has 2 aliphatic heterocycles. The van der Waals surface area contributed by atoms with Crippen LogP contribution in [0.15, 0.2) is 18.2 Å². The number of carboxylic acids is 1. The molecule has 0 spiro atoms. The molecule has 6 heteroatoms. The van der Waals surface area contributed by atoms with Gasteiger partial charge in [0.1, 0.15) is 0 Å². The van der Waals surface area contributed by atoms with Gasteiger partial charge in [-0.2, -0.15) is 0 Å². The molecule has 20 heavy (non-hydrogen) atoms. The number of benzene rings is 1. The van der Waals surface area contributed by atoms with Gasteiger partial charge in [-0.3, -0.25) is 4.90 Å². The van der Waals surface area contributed by atoms with E-state index < -0.39 is 5.97 Å².